The lowest BCUT2D eigenvalue weighted by atomic mass is 10.00. The number of benzene rings is 2. The van der Waals surface area contributed by atoms with E-state index >= 15 is 0 Å². The third-order valence-electron chi connectivity index (χ3n) is 5.86. The van der Waals surface area contributed by atoms with Crippen LogP contribution in [0.1, 0.15) is 41.6 Å². The Balaban J connectivity index is 1.50. The van der Waals surface area contributed by atoms with Crippen LogP contribution >= 0.6 is 0 Å². The first-order valence-corrected chi connectivity index (χ1v) is 10.1. The summed E-state index contributed by atoms with van der Waals surface area (Å²) in [7, 11) is 0. The summed E-state index contributed by atoms with van der Waals surface area (Å²) in [5.74, 6) is -0.605. The Hall–Kier alpha value is -3.40. The Morgan fingerprint density at radius 1 is 1.00 bits per heavy atom. The maximum Gasteiger partial charge on any atom is 0.407 e. The lowest BCUT2D eigenvalue weighted by Crippen LogP contribution is -2.49. The van der Waals surface area contributed by atoms with Gasteiger partial charge in [0.2, 0.25) is 0 Å². The summed E-state index contributed by atoms with van der Waals surface area (Å²) in [6.07, 6.45) is 2.35. The molecule has 0 spiro atoms. The predicted octanol–water partition coefficient (Wildman–Crippen LogP) is 4.11. The van der Waals surface area contributed by atoms with Crippen molar-refractivity contribution in [3.8, 4) is 17.2 Å². The zero-order chi connectivity index (χ0) is 21.3. The molecule has 0 atom stereocenters. The van der Waals surface area contributed by atoms with Crippen LogP contribution in [0.2, 0.25) is 0 Å². The van der Waals surface area contributed by atoms with Gasteiger partial charge in [-0.25, -0.2) is 9.18 Å². The first kappa shape index (κ1) is 19.9. The fourth-order valence-corrected chi connectivity index (χ4v) is 4.06. The van der Waals surface area contributed by atoms with E-state index in [1.165, 1.54) is 17.0 Å². The standard InChI is InChI=1S/C23H22FN3O3/c24-21-13-17(5-6-18(21)14-25)15-1-3-16(4-2-15)22(28)27(19-7-8-19)20-9-11-26(12-10-20)23(29)30/h1-6,13,19-20H,7-12H2,(H,29,30). The van der Waals surface area contributed by atoms with Crippen LogP contribution in [0.4, 0.5) is 9.18 Å². The molecule has 7 heteroatoms. The van der Waals surface area contributed by atoms with E-state index < -0.39 is 11.9 Å². The smallest absolute Gasteiger partial charge is 0.407 e. The maximum absolute atomic E-state index is 13.9. The number of carbonyl (C=O) groups excluding carboxylic acids is 1. The lowest BCUT2D eigenvalue weighted by Gasteiger charge is -2.38. The molecule has 2 aromatic rings. The van der Waals surface area contributed by atoms with Gasteiger partial charge in [0.25, 0.3) is 5.91 Å². The molecule has 6 nitrogen and oxygen atoms in total. The van der Waals surface area contributed by atoms with Crippen LogP contribution in [0.15, 0.2) is 42.5 Å². The second kappa shape index (κ2) is 8.15. The summed E-state index contributed by atoms with van der Waals surface area (Å²) in [6, 6.07) is 13.6. The van der Waals surface area contributed by atoms with Gasteiger partial charge in [0, 0.05) is 30.7 Å². The molecule has 30 heavy (non-hydrogen) atoms. The topological polar surface area (TPSA) is 84.6 Å². The minimum absolute atomic E-state index is 0.000399. The van der Waals surface area contributed by atoms with Crippen molar-refractivity contribution < 1.29 is 19.1 Å². The molecule has 1 saturated carbocycles. The largest absolute Gasteiger partial charge is 0.465 e. The molecule has 0 radical (unpaired) electrons. The van der Waals surface area contributed by atoms with Crippen molar-refractivity contribution in [3.05, 3.63) is 59.4 Å². The molecule has 154 valence electrons. The van der Waals surface area contributed by atoms with Gasteiger partial charge in [0.05, 0.1) is 5.56 Å². The summed E-state index contributed by atoms with van der Waals surface area (Å²) >= 11 is 0. The maximum atomic E-state index is 13.9. The van der Waals surface area contributed by atoms with Gasteiger partial charge in [-0.1, -0.05) is 18.2 Å². The number of piperidine rings is 1. The van der Waals surface area contributed by atoms with Gasteiger partial charge in [-0.3, -0.25) is 4.79 Å². The number of hydrogen-bond acceptors (Lipinski definition) is 3. The molecule has 0 bridgehead atoms. The Morgan fingerprint density at radius 2 is 1.60 bits per heavy atom. The van der Waals surface area contributed by atoms with Crippen molar-refractivity contribution in [1.29, 1.82) is 5.26 Å². The SMILES string of the molecule is N#Cc1ccc(-c2ccc(C(=O)N(C3CC3)C3CCN(C(=O)O)CC3)cc2)cc1F. The van der Waals surface area contributed by atoms with Gasteiger partial charge in [-0.15, -0.1) is 0 Å². The van der Waals surface area contributed by atoms with E-state index in [0.717, 1.165) is 18.4 Å². The first-order valence-electron chi connectivity index (χ1n) is 10.1. The van der Waals surface area contributed by atoms with Crippen LogP contribution in [-0.2, 0) is 0 Å². The zero-order valence-electron chi connectivity index (χ0n) is 16.4. The molecule has 1 aliphatic heterocycles. The Kier molecular flexibility index (Phi) is 5.40. The van der Waals surface area contributed by atoms with Gasteiger partial charge in [-0.05, 0) is 61.1 Å². The molecular formula is C23H22FN3O3. The van der Waals surface area contributed by atoms with Gasteiger partial charge in [0.1, 0.15) is 11.9 Å². The van der Waals surface area contributed by atoms with Crippen molar-refractivity contribution in [1.82, 2.24) is 9.80 Å². The monoisotopic (exact) mass is 407 g/mol. The van der Waals surface area contributed by atoms with Crippen LogP contribution in [0, 0.1) is 17.1 Å². The quantitative estimate of drug-likeness (QED) is 0.827. The number of rotatable bonds is 4. The summed E-state index contributed by atoms with van der Waals surface area (Å²) in [4.78, 5) is 27.7. The zero-order valence-corrected chi connectivity index (χ0v) is 16.4. The van der Waals surface area contributed by atoms with E-state index in [1.54, 1.807) is 36.4 Å². The number of likely N-dealkylation sites (tertiary alicyclic amines) is 1. The lowest BCUT2D eigenvalue weighted by molar-refractivity contribution is 0.0551. The average molecular weight is 407 g/mol. The van der Waals surface area contributed by atoms with E-state index in [-0.39, 0.29) is 23.6 Å². The number of hydrogen-bond donors (Lipinski definition) is 1. The summed E-state index contributed by atoms with van der Waals surface area (Å²) < 4.78 is 13.9. The molecule has 1 aliphatic carbocycles. The number of carboxylic acid groups (broad SMARTS) is 1. The Labute approximate surface area is 174 Å². The minimum atomic E-state index is -0.910. The number of nitriles is 1. The highest BCUT2D eigenvalue weighted by atomic mass is 19.1. The van der Waals surface area contributed by atoms with Crippen molar-refractivity contribution in [3.63, 3.8) is 0 Å². The molecule has 2 aromatic carbocycles. The van der Waals surface area contributed by atoms with Crippen molar-refractivity contribution in [2.45, 2.75) is 37.8 Å². The highest BCUT2D eigenvalue weighted by Gasteiger charge is 2.39. The molecule has 0 aromatic heterocycles. The van der Waals surface area contributed by atoms with Crippen molar-refractivity contribution in [2.24, 2.45) is 0 Å². The van der Waals surface area contributed by atoms with Crippen LogP contribution < -0.4 is 0 Å². The first-order chi connectivity index (χ1) is 14.5. The average Bonchev–Trinajstić information content (AvgIpc) is 3.59. The highest BCUT2D eigenvalue weighted by molar-refractivity contribution is 5.95. The summed E-state index contributed by atoms with van der Waals surface area (Å²) in [5.41, 5.74) is 1.98. The van der Waals surface area contributed by atoms with E-state index in [9.17, 15) is 14.0 Å². The molecule has 1 N–H and O–H groups in total. The van der Waals surface area contributed by atoms with E-state index in [1.807, 2.05) is 4.90 Å². The van der Waals surface area contributed by atoms with Crippen molar-refractivity contribution in [2.75, 3.05) is 13.1 Å². The van der Waals surface area contributed by atoms with E-state index in [0.29, 0.717) is 37.1 Å². The summed E-state index contributed by atoms with van der Waals surface area (Å²) in [5, 5.41) is 18.0. The van der Waals surface area contributed by atoms with Gasteiger partial charge in [0.15, 0.2) is 0 Å². The van der Waals surface area contributed by atoms with Gasteiger partial charge < -0.3 is 14.9 Å². The van der Waals surface area contributed by atoms with Gasteiger partial charge in [-0.2, -0.15) is 5.26 Å². The fraction of sp³-hybridized carbons (Fsp3) is 0.348. The molecular weight excluding hydrogens is 385 g/mol. The Bertz CT molecular complexity index is 1000. The summed E-state index contributed by atoms with van der Waals surface area (Å²) in [6.45, 7) is 0.888. The fourth-order valence-electron chi connectivity index (χ4n) is 4.06. The third kappa shape index (κ3) is 3.99. The molecule has 2 fully saturated rings. The molecule has 1 saturated heterocycles. The second-order valence-electron chi connectivity index (χ2n) is 7.83. The van der Waals surface area contributed by atoms with Crippen LogP contribution in [-0.4, -0.2) is 52.1 Å². The number of halogens is 1. The molecule has 1 heterocycles. The predicted molar refractivity (Wildman–Crippen MR) is 108 cm³/mol. The molecule has 2 amide bonds. The minimum Gasteiger partial charge on any atom is -0.465 e. The molecule has 2 aliphatic rings. The van der Waals surface area contributed by atoms with E-state index in [4.69, 9.17) is 10.4 Å². The van der Waals surface area contributed by atoms with Crippen molar-refractivity contribution >= 4 is 12.0 Å². The van der Waals surface area contributed by atoms with Crippen LogP contribution in [0.25, 0.3) is 11.1 Å². The molecule has 4 rings (SSSR count). The highest BCUT2D eigenvalue weighted by Crippen LogP contribution is 2.33. The Morgan fingerprint density at radius 3 is 2.13 bits per heavy atom. The van der Waals surface area contributed by atoms with Crippen LogP contribution in [0.5, 0.6) is 0 Å². The number of amides is 2. The normalized spacial score (nSPS) is 16.7. The number of carbonyl (C=O) groups is 2. The molecule has 0 unspecified atom stereocenters. The van der Waals surface area contributed by atoms with Gasteiger partial charge >= 0.3 is 6.09 Å². The second-order valence-corrected chi connectivity index (χ2v) is 7.83. The van der Waals surface area contributed by atoms with E-state index in [2.05, 4.69) is 0 Å². The number of nitrogens with zero attached hydrogens (tertiary/aromatic N) is 3. The third-order valence-corrected chi connectivity index (χ3v) is 5.86. The van der Waals surface area contributed by atoms with Crippen LogP contribution in [0.3, 0.4) is 0 Å².